The van der Waals surface area contributed by atoms with Gasteiger partial charge in [0.05, 0.1) is 5.92 Å². The number of methoxy groups -OCH3 is 1. The summed E-state index contributed by atoms with van der Waals surface area (Å²) in [5.74, 6) is -0.292. The zero-order chi connectivity index (χ0) is 15.9. The van der Waals surface area contributed by atoms with Crippen LogP contribution in [0.15, 0.2) is 24.3 Å². The molecule has 0 aliphatic carbocycles. The van der Waals surface area contributed by atoms with Gasteiger partial charge in [-0.05, 0) is 30.5 Å². The largest absolute Gasteiger partial charge is 0.385 e. The summed E-state index contributed by atoms with van der Waals surface area (Å²) < 4.78 is 4.95. The van der Waals surface area contributed by atoms with Crippen LogP contribution in [0.3, 0.4) is 0 Å². The number of benzene rings is 1. The summed E-state index contributed by atoms with van der Waals surface area (Å²) in [5, 5.41) is 2.87. The van der Waals surface area contributed by atoms with Crippen molar-refractivity contribution in [3.63, 3.8) is 0 Å². The number of nitrogens with one attached hydrogen (secondary N) is 1. The lowest BCUT2D eigenvalue weighted by molar-refractivity contribution is -0.126. The highest BCUT2D eigenvalue weighted by atomic mass is 16.5. The molecule has 1 atom stereocenters. The average Bonchev–Trinajstić information content (AvgIpc) is 2.93. The Hall–Kier alpha value is -1.88. The summed E-state index contributed by atoms with van der Waals surface area (Å²) in [5.41, 5.74) is 2.11. The smallest absolute Gasteiger partial charge is 0.227 e. The third-order valence-electron chi connectivity index (χ3n) is 3.98. The zero-order valence-electron chi connectivity index (χ0n) is 13.3. The highest BCUT2D eigenvalue weighted by Crippen LogP contribution is 2.25. The van der Waals surface area contributed by atoms with Gasteiger partial charge in [-0.25, -0.2) is 0 Å². The van der Waals surface area contributed by atoms with Crippen LogP contribution >= 0.6 is 0 Å². The number of hydrogen-bond donors (Lipinski definition) is 1. The van der Waals surface area contributed by atoms with Crippen molar-refractivity contribution in [3.05, 3.63) is 29.8 Å². The van der Waals surface area contributed by atoms with E-state index < -0.39 is 0 Å². The first kappa shape index (κ1) is 16.5. The lowest BCUT2D eigenvalue weighted by Gasteiger charge is -2.17. The topological polar surface area (TPSA) is 58.6 Å². The Balaban J connectivity index is 1.90. The number of anilines is 1. The molecular formula is C17H24N2O3. The van der Waals surface area contributed by atoms with Crippen molar-refractivity contribution in [2.24, 2.45) is 5.92 Å². The van der Waals surface area contributed by atoms with Crippen LogP contribution in [0.2, 0.25) is 0 Å². The second kappa shape index (κ2) is 7.94. The number of rotatable bonds is 7. The molecule has 5 nitrogen and oxygen atoms in total. The van der Waals surface area contributed by atoms with Crippen LogP contribution in [0.4, 0.5) is 5.69 Å². The Bertz CT molecular complexity index is 513. The fraction of sp³-hybridized carbons (Fsp3) is 0.529. The van der Waals surface area contributed by atoms with Crippen LogP contribution in [0.1, 0.15) is 25.3 Å². The molecule has 2 rings (SSSR count). The number of carbonyl (C=O) groups excluding carboxylic acids is 2. The molecule has 0 aromatic heterocycles. The first-order valence-electron chi connectivity index (χ1n) is 7.81. The normalized spacial score (nSPS) is 17.8. The molecule has 1 aliphatic rings. The van der Waals surface area contributed by atoms with Gasteiger partial charge in [0.1, 0.15) is 0 Å². The molecule has 2 amide bonds. The fourth-order valence-corrected chi connectivity index (χ4v) is 2.62. The van der Waals surface area contributed by atoms with E-state index in [1.165, 1.54) is 5.56 Å². The van der Waals surface area contributed by atoms with Crippen LogP contribution in [0.25, 0.3) is 0 Å². The van der Waals surface area contributed by atoms with Crippen molar-refractivity contribution < 1.29 is 14.3 Å². The predicted molar refractivity (Wildman–Crippen MR) is 85.8 cm³/mol. The van der Waals surface area contributed by atoms with Crippen molar-refractivity contribution in [2.45, 2.75) is 26.2 Å². The van der Waals surface area contributed by atoms with Gasteiger partial charge < -0.3 is 15.0 Å². The summed E-state index contributed by atoms with van der Waals surface area (Å²) in [6, 6.07) is 7.97. The van der Waals surface area contributed by atoms with Gasteiger partial charge in [0.25, 0.3) is 0 Å². The van der Waals surface area contributed by atoms with Gasteiger partial charge in [-0.15, -0.1) is 0 Å². The van der Waals surface area contributed by atoms with E-state index in [9.17, 15) is 9.59 Å². The first-order chi connectivity index (χ1) is 10.7. The lowest BCUT2D eigenvalue weighted by Crippen LogP contribution is -2.33. The van der Waals surface area contributed by atoms with Gasteiger partial charge in [-0.2, -0.15) is 0 Å². The third kappa shape index (κ3) is 4.07. The summed E-state index contributed by atoms with van der Waals surface area (Å²) in [6.45, 7) is 3.77. The number of carbonyl (C=O) groups is 2. The van der Waals surface area contributed by atoms with Gasteiger partial charge >= 0.3 is 0 Å². The molecular weight excluding hydrogens is 280 g/mol. The maximum absolute atomic E-state index is 12.1. The van der Waals surface area contributed by atoms with Gasteiger partial charge in [-0.1, -0.05) is 19.1 Å². The molecule has 0 radical (unpaired) electrons. The summed E-state index contributed by atoms with van der Waals surface area (Å²) in [4.78, 5) is 26.0. The van der Waals surface area contributed by atoms with E-state index in [2.05, 4.69) is 12.2 Å². The standard InChI is InChI=1S/C17H24N2O3/c1-3-13-5-7-15(8-6-13)19-12-14(11-16(19)20)17(21)18-9-4-10-22-2/h5-8,14H,3-4,9-12H2,1-2H3,(H,18,21)/t14-/m1/s1. The number of amides is 2. The van der Waals surface area contributed by atoms with Crippen LogP contribution in [-0.4, -0.2) is 38.6 Å². The third-order valence-corrected chi connectivity index (χ3v) is 3.98. The maximum atomic E-state index is 12.1. The van der Waals surface area contributed by atoms with E-state index in [0.717, 1.165) is 18.5 Å². The molecule has 22 heavy (non-hydrogen) atoms. The van der Waals surface area contributed by atoms with E-state index >= 15 is 0 Å². The van der Waals surface area contributed by atoms with Gasteiger partial charge in [0.2, 0.25) is 11.8 Å². The molecule has 0 spiro atoms. The van der Waals surface area contributed by atoms with E-state index in [1.54, 1.807) is 12.0 Å². The van der Waals surface area contributed by atoms with Crippen LogP contribution in [0, 0.1) is 5.92 Å². The average molecular weight is 304 g/mol. The number of aryl methyl sites for hydroxylation is 1. The second-order valence-electron chi connectivity index (χ2n) is 5.56. The molecule has 5 heteroatoms. The van der Waals surface area contributed by atoms with Crippen LogP contribution in [-0.2, 0) is 20.7 Å². The highest BCUT2D eigenvalue weighted by molar-refractivity contribution is 6.00. The quantitative estimate of drug-likeness (QED) is 0.781. The van der Waals surface area contributed by atoms with Gasteiger partial charge in [0, 0.05) is 38.9 Å². The molecule has 120 valence electrons. The number of nitrogens with zero attached hydrogens (tertiary/aromatic N) is 1. The highest BCUT2D eigenvalue weighted by Gasteiger charge is 2.34. The molecule has 1 fully saturated rings. The van der Waals surface area contributed by atoms with Crippen molar-refractivity contribution in [1.82, 2.24) is 5.32 Å². The zero-order valence-corrected chi connectivity index (χ0v) is 13.3. The summed E-state index contributed by atoms with van der Waals surface area (Å²) in [6.07, 6.45) is 2.04. The SMILES string of the molecule is CCc1ccc(N2C[C@H](C(=O)NCCCOC)CC2=O)cc1. The summed E-state index contributed by atoms with van der Waals surface area (Å²) in [7, 11) is 1.64. The molecule has 0 saturated carbocycles. The molecule has 1 saturated heterocycles. The van der Waals surface area contributed by atoms with E-state index in [4.69, 9.17) is 4.74 Å². The van der Waals surface area contributed by atoms with Gasteiger partial charge in [0.15, 0.2) is 0 Å². The van der Waals surface area contributed by atoms with E-state index in [0.29, 0.717) is 19.7 Å². The molecule has 1 aromatic carbocycles. The Labute approximate surface area is 131 Å². The van der Waals surface area contributed by atoms with Crippen molar-refractivity contribution >= 4 is 17.5 Å². The maximum Gasteiger partial charge on any atom is 0.227 e. The van der Waals surface area contributed by atoms with Crippen molar-refractivity contribution in [1.29, 1.82) is 0 Å². The molecule has 1 heterocycles. The second-order valence-corrected chi connectivity index (χ2v) is 5.56. The number of hydrogen-bond acceptors (Lipinski definition) is 3. The molecule has 1 aliphatic heterocycles. The fourth-order valence-electron chi connectivity index (χ4n) is 2.62. The van der Waals surface area contributed by atoms with E-state index in [-0.39, 0.29) is 24.2 Å². The molecule has 0 unspecified atom stereocenters. The molecule has 1 aromatic rings. The molecule has 1 N–H and O–H groups in total. The Morgan fingerprint density at radius 2 is 2.09 bits per heavy atom. The first-order valence-corrected chi connectivity index (χ1v) is 7.81. The Morgan fingerprint density at radius 1 is 1.36 bits per heavy atom. The van der Waals surface area contributed by atoms with Crippen LogP contribution in [0.5, 0.6) is 0 Å². The van der Waals surface area contributed by atoms with Crippen molar-refractivity contribution in [2.75, 3.05) is 31.7 Å². The number of ether oxygens (including phenoxy) is 1. The predicted octanol–water partition coefficient (Wildman–Crippen LogP) is 1.75. The molecule has 0 bridgehead atoms. The minimum Gasteiger partial charge on any atom is -0.385 e. The lowest BCUT2D eigenvalue weighted by atomic mass is 10.1. The van der Waals surface area contributed by atoms with E-state index in [1.807, 2.05) is 24.3 Å². The Kier molecular flexibility index (Phi) is 5.95. The Morgan fingerprint density at radius 3 is 2.73 bits per heavy atom. The minimum absolute atomic E-state index is 0.0151. The monoisotopic (exact) mass is 304 g/mol. The van der Waals surface area contributed by atoms with Crippen LogP contribution < -0.4 is 10.2 Å². The summed E-state index contributed by atoms with van der Waals surface area (Å²) >= 11 is 0. The van der Waals surface area contributed by atoms with Gasteiger partial charge in [-0.3, -0.25) is 9.59 Å². The minimum atomic E-state index is -0.263. The van der Waals surface area contributed by atoms with Crippen molar-refractivity contribution in [3.8, 4) is 0 Å².